The van der Waals surface area contributed by atoms with E-state index < -0.39 is 8.32 Å². The van der Waals surface area contributed by atoms with Gasteiger partial charge in [0.1, 0.15) is 6.61 Å². The van der Waals surface area contributed by atoms with Gasteiger partial charge >= 0.3 is 0 Å². The van der Waals surface area contributed by atoms with Gasteiger partial charge in [-0.1, -0.05) is 27.4 Å². The van der Waals surface area contributed by atoms with Crippen LogP contribution in [0.2, 0.25) is 18.1 Å². The monoisotopic (exact) mass is 510 g/mol. The van der Waals surface area contributed by atoms with Crippen molar-refractivity contribution >= 4 is 8.32 Å². The predicted molar refractivity (Wildman–Crippen MR) is 135 cm³/mol. The van der Waals surface area contributed by atoms with E-state index in [1.54, 1.807) is 0 Å². The molecule has 0 saturated carbocycles. The largest absolute Gasteiger partial charge is 0.499 e. The zero-order chi connectivity index (χ0) is 25.4. The summed E-state index contributed by atoms with van der Waals surface area (Å²) in [5.41, 5.74) is 0. The van der Waals surface area contributed by atoms with E-state index in [1.165, 1.54) is 6.26 Å². The Morgan fingerprint density at radius 3 is 1.03 bits per heavy atom. The van der Waals surface area contributed by atoms with E-state index in [1.807, 2.05) is 0 Å². The fraction of sp³-hybridized carbons (Fsp3) is 0.917. The molecule has 0 radical (unpaired) electrons. The number of rotatable bonds is 26. The summed E-state index contributed by atoms with van der Waals surface area (Å²) in [6, 6.07) is 0. The van der Waals surface area contributed by atoms with E-state index >= 15 is 0 Å². The highest BCUT2D eigenvalue weighted by atomic mass is 28.4. The molecule has 0 amide bonds. The van der Waals surface area contributed by atoms with E-state index in [4.69, 9.17) is 42.3 Å². The molecule has 0 saturated heterocycles. The fourth-order valence-corrected chi connectivity index (χ4v) is 3.21. The Morgan fingerprint density at radius 1 is 0.500 bits per heavy atom. The fourth-order valence-electron chi connectivity index (χ4n) is 2.18. The lowest BCUT2D eigenvalue weighted by molar-refractivity contribution is -0.0223. The average Bonchev–Trinajstić information content (AvgIpc) is 2.78. The van der Waals surface area contributed by atoms with Crippen LogP contribution in [0.4, 0.5) is 0 Å². The van der Waals surface area contributed by atoms with Crippen LogP contribution in [0, 0.1) is 0 Å². The zero-order valence-electron chi connectivity index (χ0n) is 22.3. The van der Waals surface area contributed by atoms with Crippen molar-refractivity contribution in [2.24, 2.45) is 0 Å². The van der Waals surface area contributed by atoms with Gasteiger partial charge in [0.05, 0.1) is 105 Å². The molecule has 10 heteroatoms. The minimum Gasteiger partial charge on any atom is -0.499 e. The van der Waals surface area contributed by atoms with E-state index in [0.717, 1.165) is 0 Å². The highest BCUT2D eigenvalue weighted by Gasteiger charge is 2.36. The van der Waals surface area contributed by atoms with Crippen molar-refractivity contribution < 1.29 is 42.3 Å². The minimum absolute atomic E-state index is 0.225. The van der Waals surface area contributed by atoms with E-state index in [9.17, 15) is 0 Å². The van der Waals surface area contributed by atoms with Gasteiger partial charge in [0.25, 0.3) is 0 Å². The van der Waals surface area contributed by atoms with Crippen LogP contribution in [-0.4, -0.2) is 114 Å². The molecule has 34 heavy (non-hydrogen) atoms. The summed E-state index contributed by atoms with van der Waals surface area (Å²) in [7, 11) is -1.68. The molecule has 0 rings (SSSR count). The molecule has 0 aromatic carbocycles. The first-order valence-corrected chi connectivity index (χ1v) is 15.1. The van der Waals surface area contributed by atoms with E-state index in [0.29, 0.717) is 106 Å². The molecule has 0 N–H and O–H groups in total. The summed E-state index contributed by atoms with van der Waals surface area (Å²) in [4.78, 5) is 0. The third-order valence-corrected chi connectivity index (χ3v) is 9.73. The molecule has 0 spiro atoms. The molecule has 0 unspecified atom stereocenters. The highest BCUT2D eigenvalue weighted by molar-refractivity contribution is 6.74. The molecule has 0 aliphatic carbocycles. The van der Waals surface area contributed by atoms with Crippen molar-refractivity contribution in [2.75, 3.05) is 106 Å². The second kappa shape index (κ2) is 22.9. The van der Waals surface area contributed by atoms with Crippen molar-refractivity contribution in [3.8, 4) is 0 Å². The lowest BCUT2D eigenvalue weighted by Gasteiger charge is -2.36. The second-order valence-corrected chi connectivity index (χ2v) is 13.7. The zero-order valence-corrected chi connectivity index (χ0v) is 23.3. The van der Waals surface area contributed by atoms with Crippen LogP contribution in [0.15, 0.2) is 12.8 Å². The SMILES string of the molecule is C=COCCOCCOCCOCCOCCOCCOCCOCCO[Si](C)(C)C(C)(C)C. The normalized spacial score (nSPS) is 12.3. The van der Waals surface area contributed by atoms with Gasteiger partial charge in [-0.2, -0.15) is 0 Å². The summed E-state index contributed by atoms with van der Waals surface area (Å²) in [5, 5.41) is 0.225. The van der Waals surface area contributed by atoms with E-state index in [2.05, 4.69) is 40.4 Å². The van der Waals surface area contributed by atoms with Gasteiger partial charge in [-0.05, 0) is 18.1 Å². The summed E-state index contributed by atoms with van der Waals surface area (Å²) in [6.07, 6.45) is 1.40. The molecule has 9 nitrogen and oxygen atoms in total. The maximum atomic E-state index is 6.06. The molecule has 204 valence electrons. The molecule has 0 heterocycles. The van der Waals surface area contributed by atoms with Crippen molar-refractivity contribution in [3.05, 3.63) is 12.8 Å². The van der Waals surface area contributed by atoms with Crippen molar-refractivity contribution in [3.63, 3.8) is 0 Å². The average molecular weight is 511 g/mol. The smallest absolute Gasteiger partial charge is 0.192 e. The topological polar surface area (TPSA) is 83.1 Å². The lowest BCUT2D eigenvalue weighted by atomic mass is 10.2. The molecule has 0 aliphatic rings. The van der Waals surface area contributed by atoms with Gasteiger partial charge in [0.15, 0.2) is 8.32 Å². The van der Waals surface area contributed by atoms with Crippen LogP contribution in [-0.2, 0) is 42.3 Å². The molecular formula is C24H50O9Si. The quantitative estimate of drug-likeness (QED) is 0.0989. The molecular weight excluding hydrogens is 460 g/mol. The van der Waals surface area contributed by atoms with Crippen LogP contribution in [0.25, 0.3) is 0 Å². The molecule has 0 aliphatic heterocycles. The van der Waals surface area contributed by atoms with Crippen LogP contribution in [0.3, 0.4) is 0 Å². The molecule has 0 aromatic heterocycles. The Hall–Kier alpha value is -0.563. The first-order chi connectivity index (χ1) is 16.3. The molecule has 0 aromatic rings. The number of ether oxygens (including phenoxy) is 8. The highest BCUT2D eigenvalue weighted by Crippen LogP contribution is 2.36. The van der Waals surface area contributed by atoms with Crippen molar-refractivity contribution in [1.29, 1.82) is 0 Å². The second-order valence-electron chi connectivity index (χ2n) is 8.93. The standard InChI is InChI=1S/C24H50O9Si/c1-7-25-8-9-26-10-11-27-12-13-28-14-15-29-16-17-30-18-19-31-20-21-32-22-23-33-34(5,6)24(2,3)4/h7H,1,8-23H2,2-6H3. The summed E-state index contributed by atoms with van der Waals surface area (Å²) >= 11 is 0. The summed E-state index contributed by atoms with van der Waals surface area (Å²) in [6.45, 7) is 23.4. The summed E-state index contributed by atoms with van der Waals surface area (Å²) in [5.74, 6) is 0. The minimum atomic E-state index is -1.68. The van der Waals surface area contributed by atoms with Crippen LogP contribution < -0.4 is 0 Å². The maximum absolute atomic E-state index is 6.06. The summed E-state index contributed by atoms with van der Waals surface area (Å²) < 4.78 is 49.1. The maximum Gasteiger partial charge on any atom is 0.192 e. The van der Waals surface area contributed by atoms with Gasteiger partial charge in [-0.25, -0.2) is 0 Å². The molecule has 0 fully saturated rings. The third-order valence-electron chi connectivity index (χ3n) is 5.19. The Kier molecular flexibility index (Phi) is 22.5. The van der Waals surface area contributed by atoms with Gasteiger partial charge in [0, 0.05) is 0 Å². The third kappa shape index (κ3) is 21.9. The Balaban J connectivity index is 3.15. The Bertz CT molecular complexity index is 445. The number of hydrogen-bond acceptors (Lipinski definition) is 9. The van der Waals surface area contributed by atoms with Crippen LogP contribution in [0.5, 0.6) is 0 Å². The van der Waals surface area contributed by atoms with Gasteiger partial charge in [-0.15, -0.1) is 0 Å². The van der Waals surface area contributed by atoms with Gasteiger partial charge in [0.2, 0.25) is 0 Å². The van der Waals surface area contributed by atoms with E-state index in [-0.39, 0.29) is 5.04 Å². The van der Waals surface area contributed by atoms with Gasteiger partial charge in [-0.3, -0.25) is 0 Å². The van der Waals surface area contributed by atoms with Gasteiger partial charge < -0.3 is 42.3 Å². The Morgan fingerprint density at radius 2 is 0.765 bits per heavy atom. The Labute approximate surface area is 208 Å². The number of hydrogen-bond donors (Lipinski definition) is 0. The first kappa shape index (κ1) is 33.4. The van der Waals surface area contributed by atoms with Crippen molar-refractivity contribution in [2.45, 2.75) is 38.9 Å². The molecule has 0 atom stereocenters. The van der Waals surface area contributed by atoms with Crippen LogP contribution >= 0.6 is 0 Å². The predicted octanol–water partition coefficient (Wildman–Crippen LogP) is 3.28. The van der Waals surface area contributed by atoms with Crippen molar-refractivity contribution in [1.82, 2.24) is 0 Å². The van der Waals surface area contributed by atoms with Crippen LogP contribution in [0.1, 0.15) is 20.8 Å². The molecule has 0 bridgehead atoms. The first-order valence-electron chi connectivity index (χ1n) is 12.2. The lowest BCUT2D eigenvalue weighted by Crippen LogP contribution is -2.41.